The number of rotatable bonds is 4. The summed E-state index contributed by atoms with van der Waals surface area (Å²) in [6.07, 6.45) is 0.787. The van der Waals surface area contributed by atoms with Crippen LogP contribution in [0.25, 0.3) is 0 Å². The van der Waals surface area contributed by atoms with E-state index in [4.69, 9.17) is 0 Å². The van der Waals surface area contributed by atoms with Crippen LogP contribution in [-0.2, 0) is 0 Å². The van der Waals surface area contributed by atoms with Crippen molar-refractivity contribution < 1.29 is 9.72 Å². The monoisotopic (exact) mass is 251 g/mol. The summed E-state index contributed by atoms with van der Waals surface area (Å²) in [6.45, 7) is 5.77. The molecule has 0 aliphatic carbocycles. The molecule has 0 bridgehead atoms. The minimum atomic E-state index is -0.501. The van der Waals surface area contributed by atoms with E-state index in [0.29, 0.717) is 5.69 Å². The Morgan fingerprint density at radius 1 is 1.44 bits per heavy atom. The molecule has 0 atom stereocenters. The third-order valence-corrected chi connectivity index (χ3v) is 2.65. The molecule has 6 heteroatoms. The average Bonchev–Trinajstić information content (AvgIpc) is 2.28. The van der Waals surface area contributed by atoms with E-state index in [9.17, 15) is 14.9 Å². The van der Waals surface area contributed by atoms with Gasteiger partial charge in [0, 0.05) is 23.4 Å². The average molecular weight is 251 g/mol. The molecule has 18 heavy (non-hydrogen) atoms. The number of hydrogen-bond donors (Lipinski definition) is 2. The summed E-state index contributed by atoms with van der Waals surface area (Å²) in [5.74, 6) is 0. The maximum Gasteiger partial charge on any atom is 0.319 e. The molecular formula is C12H17N3O3. The van der Waals surface area contributed by atoms with Crippen molar-refractivity contribution >= 4 is 17.4 Å². The number of nitro benzene ring substituents is 1. The first kappa shape index (κ1) is 14.0. The molecule has 0 fully saturated rings. The van der Waals surface area contributed by atoms with Gasteiger partial charge < -0.3 is 10.6 Å². The molecule has 0 aliphatic heterocycles. The van der Waals surface area contributed by atoms with Crippen molar-refractivity contribution in [2.75, 3.05) is 5.32 Å². The van der Waals surface area contributed by atoms with Gasteiger partial charge in [-0.15, -0.1) is 0 Å². The number of amides is 2. The molecule has 0 heterocycles. The van der Waals surface area contributed by atoms with Crippen molar-refractivity contribution in [3.8, 4) is 0 Å². The van der Waals surface area contributed by atoms with Gasteiger partial charge in [-0.25, -0.2) is 4.79 Å². The van der Waals surface area contributed by atoms with Crippen LogP contribution < -0.4 is 10.6 Å². The summed E-state index contributed by atoms with van der Waals surface area (Å²) in [5.41, 5.74) is 0.0290. The summed E-state index contributed by atoms with van der Waals surface area (Å²) >= 11 is 0. The first-order valence-electron chi connectivity index (χ1n) is 5.67. The van der Waals surface area contributed by atoms with Crippen LogP contribution >= 0.6 is 0 Å². The highest BCUT2D eigenvalue weighted by molar-refractivity contribution is 5.90. The SMILES string of the molecule is CCC(C)(C)NC(=O)Nc1cccc([N+](=O)[O-])c1. The van der Waals surface area contributed by atoms with E-state index in [1.807, 2.05) is 20.8 Å². The third-order valence-electron chi connectivity index (χ3n) is 2.65. The van der Waals surface area contributed by atoms with Gasteiger partial charge in [-0.3, -0.25) is 10.1 Å². The molecule has 2 N–H and O–H groups in total. The van der Waals surface area contributed by atoms with Crippen LogP contribution in [0.1, 0.15) is 27.2 Å². The molecule has 0 aromatic heterocycles. The van der Waals surface area contributed by atoms with E-state index >= 15 is 0 Å². The first-order chi connectivity index (χ1) is 8.34. The minimum Gasteiger partial charge on any atom is -0.333 e. The highest BCUT2D eigenvalue weighted by atomic mass is 16.6. The summed E-state index contributed by atoms with van der Waals surface area (Å²) in [7, 11) is 0. The Labute approximate surface area is 106 Å². The van der Waals surface area contributed by atoms with Gasteiger partial charge in [-0.1, -0.05) is 13.0 Å². The first-order valence-corrected chi connectivity index (χ1v) is 5.67. The van der Waals surface area contributed by atoms with Crippen LogP contribution in [0.2, 0.25) is 0 Å². The van der Waals surface area contributed by atoms with E-state index in [1.165, 1.54) is 18.2 Å². The molecule has 1 aromatic carbocycles. The molecule has 0 spiro atoms. The Morgan fingerprint density at radius 2 is 2.11 bits per heavy atom. The molecule has 1 aromatic rings. The number of anilines is 1. The number of carbonyl (C=O) groups is 1. The quantitative estimate of drug-likeness (QED) is 0.637. The number of nitrogens with one attached hydrogen (secondary N) is 2. The normalized spacial score (nSPS) is 10.8. The van der Waals surface area contributed by atoms with Crippen molar-refractivity contribution in [1.29, 1.82) is 0 Å². The van der Waals surface area contributed by atoms with Gasteiger partial charge in [0.05, 0.1) is 4.92 Å². The zero-order valence-electron chi connectivity index (χ0n) is 10.7. The largest absolute Gasteiger partial charge is 0.333 e. The lowest BCUT2D eigenvalue weighted by Gasteiger charge is -2.24. The fourth-order valence-corrected chi connectivity index (χ4v) is 1.26. The molecule has 0 saturated heterocycles. The zero-order valence-corrected chi connectivity index (χ0v) is 10.7. The predicted octanol–water partition coefficient (Wildman–Crippen LogP) is 2.90. The van der Waals surface area contributed by atoms with Gasteiger partial charge >= 0.3 is 6.03 Å². The van der Waals surface area contributed by atoms with Gasteiger partial charge in [0.2, 0.25) is 0 Å². The Kier molecular flexibility index (Phi) is 4.25. The van der Waals surface area contributed by atoms with E-state index in [0.717, 1.165) is 6.42 Å². The van der Waals surface area contributed by atoms with Gasteiger partial charge in [0.1, 0.15) is 0 Å². The number of hydrogen-bond acceptors (Lipinski definition) is 3. The highest BCUT2D eigenvalue weighted by Crippen LogP contribution is 2.17. The molecule has 98 valence electrons. The van der Waals surface area contributed by atoms with Crippen LogP contribution in [0, 0.1) is 10.1 Å². The molecule has 1 rings (SSSR count). The van der Waals surface area contributed by atoms with Crippen LogP contribution in [0.5, 0.6) is 0 Å². The van der Waals surface area contributed by atoms with Gasteiger partial charge in [-0.2, -0.15) is 0 Å². The number of non-ortho nitro benzene ring substituents is 1. The second-order valence-corrected chi connectivity index (χ2v) is 4.62. The Hall–Kier alpha value is -2.11. The van der Waals surface area contributed by atoms with Crippen molar-refractivity contribution in [2.45, 2.75) is 32.7 Å². The molecule has 2 amide bonds. The standard InChI is InChI=1S/C12H17N3O3/c1-4-12(2,3)14-11(16)13-9-6-5-7-10(8-9)15(17)18/h5-8H,4H2,1-3H3,(H2,13,14,16). The fourth-order valence-electron chi connectivity index (χ4n) is 1.26. The maximum absolute atomic E-state index is 11.7. The van der Waals surface area contributed by atoms with Crippen molar-refractivity contribution in [2.24, 2.45) is 0 Å². The zero-order chi connectivity index (χ0) is 13.8. The number of nitro groups is 1. The summed E-state index contributed by atoms with van der Waals surface area (Å²) in [5, 5.41) is 15.9. The van der Waals surface area contributed by atoms with Crippen molar-refractivity contribution in [3.63, 3.8) is 0 Å². The number of carbonyl (C=O) groups excluding carboxylic acids is 1. The highest BCUT2D eigenvalue weighted by Gasteiger charge is 2.18. The van der Waals surface area contributed by atoms with Crippen LogP contribution in [0.3, 0.4) is 0 Å². The molecule has 0 aliphatic rings. The number of benzene rings is 1. The van der Waals surface area contributed by atoms with Crippen molar-refractivity contribution in [3.05, 3.63) is 34.4 Å². The number of urea groups is 1. The smallest absolute Gasteiger partial charge is 0.319 e. The van der Waals surface area contributed by atoms with E-state index in [-0.39, 0.29) is 17.3 Å². The van der Waals surface area contributed by atoms with Crippen molar-refractivity contribution in [1.82, 2.24) is 5.32 Å². The van der Waals surface area contributed by atoms with Crippen LogP contribution in [-0.4, -0.2) is 16.5 Å². The fraction of sp³-hybridized carbons (Fsp3) is 0.417. The molecule has 0 radical (unpaired) electrons. The van der Waals surface area contributed by atoms with Gasteiger partial charge in [0.15, 0.2) is 0 Å². The van der Waals surface area contributed by atoms with E-state index in [1.54, 1.807) is 6.07 Å². The lowest BCUT2D eigenvalue weighted by atomic mass is 10.0. The topological polar surface area (TPSA) is 84.3 Å². The Morgan fingerprint density at radius 3 is 2.67 bits per heavy atom. The van der Waals surface area contributed by atoms with Gasteiger partial charge in [0.25, 0.3) is 5.69 Å². The summed E-state index contributed by atoms with van der Waals surface area (Å²) < 4.78 is 0. The van der Waals surface area contributed by atoms with E-state index < -0.39 is 4.92 Å². The second-order valence-electron chi connectivity index (χ2n) is 4.62. The Balaban J connectivity index is 2.70. The maximum atomic E-state index is 11.7. The lowest BCUT2D eigenvalue weighted by molar-refractivity contribution is -0.384. The van der Waals surface area contributed by atoms with Gasteiger partial charge in [-0.05, 0) is 26.3 Å². The summed E-state index contributed by atoms with van der Waals surface area (Å²) in [4.78, 5) is 21.8. The van der Waals surface area contributed by atoms with Crippen LogP contribution in [0.4, 0.5) is 16.2 Å². The summed E-state index contributed by atoms with van der Waals surface area (Å²) in [6, 6.07) is 5.45. The Bertz CT molecular complexity index is 458. The third kappa shape index (κ3) is 4.04. The second kappa shape index (κ2) is 5.48. The minimum absolute atomic E-state index is 0.0532. The van der Waals surface area contributed by atoms with Crippen LogP contribution in [0.15, 0.2) is 24.3 Å². The molecule has 0 unspecified atom stereocenters. The molecule has 6 nitrogen and oxygen atoms in total. The van der Waals surface area contributed by atoms with E-state index in [2.05, 4.69) is 10.6 Å². The lowest BCUT2D eigenvalue weighted by Crippen LogP contribution is -2.45. The predicted molar refractivity (Wildman–Crippen MR) is 69.6 cm³/mol. The molecule has 0 saturated carbocycles. The number of nitrogens with zero attached hydrogens (tertiary/aromatic N) is 1. The molecular weight excluding hydrogens is 234 g/mol.